The largest absolute Gasteiger partial charge is 0.322 e. The lowest BCUT2D eigenvalue weighted by Gasteiger charge is -2.16. The van der Waals surface area contributed by atoms with Crippen LogP contribution in [0.3, 0.4) is 0 Å². The summed E-state index contributed by atoms with van der Waals surface area (Å²) < 4.78 is 13.8. The van der Waals surface area contributed by atoms with Crippen molar-refractivity contribution in [2.75, 3.05) is 21.9 Å². The van der Waals surface area contributed by atoms with Crippen molar-refractivity contribution >= 4 is 39.0 Å². The minimum absolute atomic E-state index is 0.169. The molecular formula is C19H17N3O2S. The molecule has 126 valence electrons. The first-order valence-electron chi connectivity index (χ1n) is 8.12. The lowest BCUT2D eigenvalue weighted by atomic mass is 10.1. The molecule has 25 heavy (non-hydrogen) atoms. The number of carbonyl (C=O) groups excluding carboxylic acids is 1. The Morgan fingerprint density at radius 3 is 2.68 bits per heavy atom. The maximum absolute atomic E-state index is 12.4. The smallest absolute Gasteiger partial charge is 0.255 e. The molecule has 1 aliphatic rings. The van der Waals surface area contributed by atoms with E-state index in [1.807, 2.05) is 40.7 Å². The van der Waals surface area contributed by atoms with Crippen LogP contribution in [0.5, 0.6) is 0 Å². The van der Waals surface area contributed by atoms with Crippen LogP contribution in [0.4, 0.5) is 11.4 Å². The van der Waals surface area contributed by atoms with Crippen LogP contribution in [-0.4, -0.2) is 27.4 Å². The molecule has 4 rings (SSSR count). The number of rotatable bonds is 3. The van der Waals surface area contributed by atoms with Crippen LogP contribution in [0.15, 0.2) is 60.9 Å². The van der Waals surface area contributed by atoms with E-state index >= 15 is 0 Å². The number of carbonyl (C=O) groups is 1. The third kappa shape index (κ3) is 3.25. The van der Waals surface area contributed by atoms with Crippen molar-refractivity contribution in [2.24, 2.45) is 0 Å². The van der Waals surface area contributed by atoms with E-state index in [2.05, 4.69) is 10.3 Å². The van der Waals surface area contributed by atoms with Gasteiger partial charge in [-0.3, -0.25) is 14.1 Å². The molecule has 1 aliphatic heterocycles. The van der Waals surface area contributed by atoms with Gasteiger partial charge in [0.25, 0.3) is 5.91 Å². The van der Waals surface area contributed by atoms with Crippen LogP contribution in [0.25, 0.3) is 10.8 Å². The molecule has 3 aromatic rings. The first kappa shape index (κ1) is 15.8. The van der Waals surface area contributed by atoms with E-state index in [9.17, 15) is 9.00 Å². The van der Waals surface area contributed by atoms with Gasteiger partial charge in [-0.25, -0.2) is 4.21 Å². The molecule has 2 heterocycles. The number of anilines is 2. The van der Waals surface area contributed by atoms with E-state index < -0.39 is 11.0 Å². The van der Waals surface area contributed by atoms with E-state index in [4.69, 9.17) is 0 Å². The first-order valence-corrected chi connectivity index (χ1v) is 9.39. The van der Waals surface area contributed by atoms with Crippen LogP contribution < -0.4 is 9.62 Å². The van der Waals surface area contributed by atoms with Crippen LogP contribution in [0, 0.1) is 0 Å². The minimum Gasteiger partial charge on any atom is -0.322 e. The molecule has 0 saturated carbocycles. The Balaban J connectivity index is 1.51. The molecule has 6 heteroatoms. The number of amides is 1. The molecule has 1 saturated heterocycles. The van der Waals surface area contributed by atoms with E-state index in [1.165, 1.54) is 0 Å². The van der Waals surface area contributed by atoms with Gasteiger partial charge in [0.05, 0.1) is 0 Å². The van der Waals surface area contributed by atoms with Crippen LogP contribution in [-0.2, 0) is 11.0 Å². The summed E-state index contributed by atoms with van der Waals surface area (Å²) in [5.41, 5.74) is 2.19. The number of pyridine rings is 1. The molecule has 1 amide bonds. The van der Waals surface area contributed by atoms with Crippen molar-refractivity contribution in [1.82, 2.24) is 4.98 Å². The second kappa shape index (κ2) is 6.64. The van der Waals surface area contributed by atoms with Crippen molar-refractivity contribution < 1.29 is 9.00 Å². The average Bonchev–Trinajstić information content (AvgIpc) is 3.08. The normalized spacial score (nSPS) is 17.0. The molecule has 0 aliphatic carbocycles. The third-order valence-corrected chi connectivity index (χ3v) is 5.76. The Labute approximate surface area is 148 Å². The number of nitrogens with one attached hydrogen (secondary N) is 1. The molecule has 1 N–H and O–H groups in total. The van der Waals surface area contributed by atoms with E-state index in [0.29, 0.717) is 11.3 Å². The average molecular weight is 351 g/mol. The Morgan fingerprint density at radius 1 is 1.08 bits per heavy atom. The zero-order chi connectivity index (χ0) is 17.2. The fourth-order valence-electron chi connectivity index (χ4n) is 2.94. The molecule has 0 radical (unpaired) electrons. The number of aromatic nitrogens is 1. The van der Waals surface area contributed by atoms with Gasteiger partial charge in [-0.05, 0) is 54.3 Å². The fraction of sp³-hybridized carbons (Fsp3) is 0.158. The van der Waals surface area contributed by atoms with Gasteiger partial charge in [0.15, 0.2) is 0 Å². The minimum atomic E-state index is -0.947. The molecule has 1 aromatic heterocycles. The van der Waals surface area contributed by atoms with Crippen molar-refractivity contribution in [2.45, 2.75) is 6.42 Å². The van der Waals surface area contributed by atoms with Gasteiger partial charge in [-0.2, -0.15) is 0 Å². The molecule has 1 unspecified atom stereocenters. The number of fused-ring (bicyclic) bond motifs is 1. The van der Waals surface area contributed by atoms with Crippen LogP contribution in [0.2, 0.25) is 0 Å². The van der Waals surface area contributed by atoms with Gasteiger partial charge in [0.1, 0.15) is 11.0 Å². The zero-order valence-electron chi connectivity index (χ0n) is 13.5. The Morgan fingerprint density at radius 2 is 1.92 bits per heavy atom. The Kier molecular flexibility index (Phi) is 4.19. The highest BCUT2D eigenvalue weighted by Crippen LogP contribution is 2.23. The van der Waals surface area contributed by atoms with Crippen LogP contribution >= 0.6 is 0 Å². The van der Waals surface area contributed by atoms with Gasteiger partial charge >= 0.3 is 0 Å². The predicted octanol–water partition coefficient (Wildman–Crippen LogP) is 3.36. The Hall–Kier alpha value is -2.73. The summed E-state index contributed by atoms with van der Waals surface area (Å²) in [5, 5.41) is 4.97. The van der Waals surface area contributed by atoms with Crippen molar-refractivity contribution in [3.8, 4) is 0 Å². The molecule has 0 bridgehead atoms. The molecule has 5 nitrogen and oxygen atoms in total. The number of hydrogen-bond donors (Lipinski definition) is 1. The van der Waals surface area contributed by atoms with Gasteiger partial charge in [0.2, 0.25) is 0 Å². The Bertz CT molecular complexity index is 956. The summed E-state index contributed by atoms with van der Waals surface area (Å²) in [6, 6.07) is 14.9. The fourth-order valence-corrected chi connectivity index (χ4v) is 4.22. The second-order valence-electron chi connectivity index (χ2n) is 5.92. The number of nitrogens with zero attached hydrogens (tertiary/aromatic N) is 2. The first-order chi connectivity index (χ1) is 12.2. The highest BCUT2D eigenvalue weighted by Gasteiger charge is 2.20. The van der Waals surface area contributed by atoms with Crippen molar-refractivity contribution in [3.63, 3.8) is 0 Å². The maximum atomic E-state index is 12.4. The zero-order valence-corrected chi connectivity index (χ0v) is 14.3. The molecule has 0 spiro atoms. The quantitative estimate of drug-likeness (QED) is 0.787. The highest BCUT2D eigenvalue weighted by molar-refractivity contribution is 7.86. The molecule has 1 fully saturated rings. The summed E-state index contributed by atoms with van der Waals surface area (Å²) in [6.45, 7) is 0.795. The summed E-state index contributed by atoms with van der Waals surface area (Å²) in [7, 11) is -0.947. The van der Waals surface area contributed by atoms with Gasteiger partial charge < -0.3 is 5.32 Å². The SMILES string of the molecule is O=C(Nc1ccc2ccncc2c1)c1ccc(N2CCCS2=O)cc1. The van der Waals surface area contributed by atoms with Crippen LogP contribution in [0.1, 0.15) is 16.8 Å². The molecule has 2 aromatic carbocycles. The third-order valence-electron chi connectivity index (χ3n) is 4.24. The van der Waals surface area contributed by atoms with Gasteiger partial charge in [-0.1, -0.05) is 6.07 Å². The summed E-state index contributed by atoms with van der Waals surface area (Å²) >= 11 is 0. The van der Waals surface area contributed by atoms with Crippen molar-refractivity contribution in [3.05, 3.63) is 66.5 Å². The highest BCUT2D eigenvalue weighted by atomic mass is 32.2. The van der Waals surface area contributed by atoms with Gasteiger partial charge in [-0.15, -0.1) is 0 Å². The monoisotopic (exact) mass is 351 g/mol. The summed E-state index contributed by atoms with van der Waals surface area (Å²) in [4.78, 5) is 16.5. The lowest BCUT2D eigenvalue weighted by molar-refractivity contribution is 0.102. The molecular weight excluding hydrogens is 334 g/mol. The summed E-state index contributed by atoms with van der Waals surface area (Å²) in [5.74, 6) is 0.538. The lowest BCUT2D eigenvalue weighted by Crippen LogP contribution is -2.19. The van der Waals surface area contributed by atoms with E-state index in [0.717, 1.165) is 35.1 Å². The second-order valence-corrected chi connectivity index (χ2v) is 7.41. The number of hydrogen-bond acceptors (Lipinski definition) is 3. The number of benzene rings is 2. The predicted molar refractivity (Wildman–Crippen MR) is 101 cm³/mol. The van der Waals surface area contributed by atoms with Gasteiger partial charge in [0, 0.05) is 47.0 Å². The standard InChI is InChI=1S/C19H17N3O2S/c23-19(21-17-5-2-14-8-9-20-13-16(14)12-17)15-3-6-18(7-4-15)22-10-1-11-25(22)24/h2-9,12-13H,1,10-11H2,(H,21,23). The maximum Gasteiger partial charge on any atom is 0.255 e. The summed E-state index contributed by atoms with van der Waals surface area (Å²) in [6.07, 6.45) is 4.46. The van der Waals surface area contributed by atoms with E-state index in [1.54, 1.807) is 24.5 Å². The van der Waals surface area contributed by atoms with Crippen molar-refractivity contribution in [1.29, 1.82) is 0 Å². The molecule has 1 atom stereocenters. The topological polar surface area (TPSA) is 62.3 Å². The van der Waals surface area contributed by atoms with E-state index in [-0.39, 0.29) is 5.91 Å².